The van der Waals surface area contributed by atoms with Crippen molar-refractivity contribution in [1.82, 2.24) is 20.2 Å². The van der Waals surface area contributed by atoms with Crippen LogP contribution in [0, 0.1) is 5.92 Å². The van der Waals surface area contributed by atoms with Gasteiger partial charge >= 0.3 is 0 Å². The highest BCUT2D eigenvalue weighted by Gasteiger charge is 2.14. The Morgan fingerprint density at radius 3 is 2.58 bits per heavy atom. The van der Waals surface area contributed by atoms with Crippen LogP contribution in [0.25, 0.3) is 5.69 Å². The SMILES string of the molecule is CC(C)/C=C/CC(C)c1nnnn1-c1ccccc1. The summed E-state index contributed by atoms with van der Waals surface area (Å²) in [4.78, 5) is 0. The Balaban J connectivity index is 2.16. The molecular formula is C15H20N4. The van der Waals surface area contributed by atoms with Crippen molar-refractivity contribution in [2.45, 2.75) is 33.1 Å². The molecule has 0 bridgehead atoms. The monoisotopic (exact) mass is 256 g/mol. The molecule has 0 saturated carbocycles. The molecule has 1 heterocycles. The Kier molecular flexibility index (Phi) is 4.44. The lowest BCUT2D eigenvalue weighted by Gasteiger charge is -2.09. The van der Waals surface area contributed by atoms with E-state index >= 15 is 0 Å². The van der Waals surface area contributed by atoms with Crippen LogP contribution in [0.4, 0.5) is 0 Å². The maximum absolute atomic E-state index is 4.16. The van der Waals surface area contributed by atoms with Gasteiger partial charge in [0.05, 0.1) is 5.69 Å². The minimum atomic E-state index is 0.296. The van der Waals surface area contributed by atoms with E-state index in [0.29, 0.717) is 11.8 Å². The van der Waals surface area contributed by atoms with E-state index in [0.717, 1.165) is 17.9 Å². The van der Waals surface area contributed by atoms with Gasteiger partial charge in [0.1, 0.15) is 0 Å². The molecule has 0 spiro atoms. The number of tetrazole rings is 1. The first-order valence-corrected chi connectivity index (χ1v) is 6.69. The average molecular weight is 256 g/mol. The molecule has 1 aromatic heterocycles. The van der Waals surface area contributed by atoms with E-state index in [4.69, 9.17) is 0 Å². The molecule has 2 aromatic rings. The predicted molar refractivity (Wildman–Crippen MR) is 76.2 cm³/mol. The van der Waals surface area contributed by atoms with Crippen LogP contribution >= 0.6 is 0 Å². The van der Waals surface area contributed by atoms with Crippen LogP contribution in [0.1, 0.15) is 38.9 Å². The van der Waals surface area contributed by atoms with Gasteiger partial charge in [0, 0.05) is 5.92 Å². The number of aromatic nitrogens is 4. The topological polar surface area (TPSA) is 43.6 Å². The van der Waals surface area contributed by atoms with Crippen LogP contribution < -0.4 is 0 Å². The van der Waals surface area contributed by atoms with Crippen LogP contribution in [0.3, 0.4) is 0 Å². The molecule has 1 atom stereocenters. The number of hydrogen-bond donors (Lipinski definition) is 0. The molecule has 100 valence electrons. The Morgan fingerprint density at radius 1 is 1.16 bits per heavy atom. The van der Waals surface area contributed by atoms with Crippen LogP contribution in [-0.4, -0.2) is 20.2 Å². The molecule has 0 amide bonds. The molecular weight excluding hydrogens is 236 g/mol. The Bertz CT molecular complexity index is 528. The predicted octanol–water partition coefficient (Wildman–Crippen LogP) is 3.37. The average Bonchev–Trinajstić information content (AvgIpc) is 2.88. The van der Waals surface area contributed by atoms with Gasteiger partial charge in [-0.25, -0.2) is 0 Å². The summed E-state index contributed by atoms with van der Waals surface area (Å²) in [6.45, 7) is 6.50. The summed E-state index contributed by atoms with van der Waals surface area (Å²) in [6.07, 6.45) is 5.37. The number of allylic oxidation sites excluding steroid dienone is 2. The zero-order valence-electron chi connectivity index (χ0n) is 11.7. The molecule has 0 N–H and O–H groups in total. The number of nitrogens with zero attached hydrogens (tertiary/aromatic N) is 4. The molecule has 0 aliphatic carbocycles. The largest absolute Gasteiger partial charge is 0.197 e. The second-order valence-corrected chi connectivity index (χ2v) is 5.09. The normalized spacial score (nSPS) is 13.3. The molecule has 4 heteroatoms. The van der Waals surface area contributed by atoms with Gasteiger partial charge in [-0.3, -0.25) is 0 Å². The fraction of sp³-hybridized carbons (Fsp3) is 0.400. The summed E-state index contributed by atoms with van der Waals surface area (Å²) in [5, 5.41) is 12.0. The van der Waals surface area contributed by atoms with E-state index in [1.165, 1.54) is 0 Å². The molecule has 0 aliphatic heterocycles. The third-order valence-corrected chi connectivity index (χ3v) is 2.95. The van der Waals surface area contributed by atoms with Crippen molar-refractivity contribution in [2.24, 2.45) is 5.92 Å². The number of benzene rings is 1. The molecule has 0 fully saturated rings. The Morgan fingerprint density at radius 2 is 1.89 bits per heavy atom. The summed E-state index contributed by atoms with van der Waals surface area (Å²) >= 11 is 0. The molecule has 4 nitrogen and oxygen atoms in total. The first kappa shape index (κ1) is 13.5. The summed E-state index contributed by atoms with van der Waals surface area (Å²) in [5.74, 6) is 1.78. The minimum absolute atomic E-state index is 0.296. The maximum Gasteiger partial charge on any atom is 0.159 e. The van der Waals surface area contributed by atoms with Crippen molar-refractivity contribution in [3.8, 4) is 5.69 Å². The standard InChI is InChI=1S/C15H20N4/c1-12(2)8-7-9-13(3)15-16-17-18-19(15)14-10-5-4-6-11-14/h4-8,10-13H,9H2,1-3H3/b8-7+. The van der Waals surface area contributed by atoms with Crippen molar-refractivity contribution in [3.63, 3.8) is 0 Å². The van der Waals surface area contributed by atoms with E-state index in [-0.39, 0.29) is 0 Å². The van der Waals surface area contributed by atoms with Gasteiger partial charge in [-0.1, -0.05) is 51.1 Å². The number of hydrogen-bond acceptors (Lipinski definition) is 3. The van der Waals surface area contributed by atoms with Crippen LogP contribution in [0.2, 0.25) is 0 Å². The van der Waals surface area contributed by atoms with Crippen LogP contribution in [0.5, 0.6) is 0 Å². The smallest absolute Gasteiger partial charge is 0.159 e. The molecule has 0 radical (unpaired) electrons. The van der Waals surface area contributed by atoms with E-state index in [2.05, 4.69) is 48.4 Å². The highest BCUT2D eigenvalue weighted by molar-refractivity contribution is 5.31. The summed E-state index contributed by atoms with van der Waals surface area (Å²) in [5.41, 5.74) is 1.00. The summed E-state index contributed by atoms with van der Waals surface area (Å²) < 4.78 is 1.81. The van der Waals surface area contributed by atoms with E-state index in [1.54, 1.807) is 0 Å². The van der Waals surface area contributed by atoms with Crippen molar-refractivity contribution in [1.29, 1.82) is 0 Å². The number of rotatable bonds is 5. The van der Waals surface area contributed by atoms with Crippen molar-refractivity contribution in [3.05, 3.63) is 48.3 Å². The minimum Gasteiger partial charge on any atom is -0.197 e. The van der Waals surface area contributed by atoms with Gasteiger partial charge in [0.15, 0.2) is 5.82 Å². The highest BCUT2D eigenvalue weighted by atomic mass is 15.5. The van der Waals surface area contributed by atoms with Gasteiger partial charge in [0.25, 0.3) is 0 Å². The van der Waals surface area contributed by atoms with E-state index < -0.39 is 0 Å². The zero-order chi connectivity index (χ0) is 13.7. The number of para-hydroxylation sites is 1. The second kappa shape index (κ2) is 6.27. The molecule has 1 aromatic carbocycles. The molecule has 19 heavy (non-hydrogen) atoms. The third kappa shape index (κ3) is 3.50. The van der Waals surface area contributed by atoms with Gasteiger partial charge in [0.2, 0.25) is 0 Å². The Labute approximate surface area is 114 Å². The lowest BCUT2D eigenvalue weighted by molar-refractivity contribution is 0.668. The fourth-order valence-corrected chi connectivity index (χ4v) is 1.91. The van der Waals surface area contributed by atoms with Crippen molar-refractivity contribution >= 4 is 0 Å². The summed E-state index contributed by atoms with van der Waals surface area (Å²) in [6, 6.07) is 9.99. The second-order valence-electron chi connectivity index (χ2n) is 5.09. The molecule has 0 saturated heterocycles. The van der Waals surface area contributed by atoms with Crippen LogP contribution in [0.15, 0.2) is 42.5 Å². The van der Waals surface area contributed by atoms with Gasteiger partial charge in [-0.15, -0.1) is 5.10 Å². The van der Waals surface area contributed by atoms with E-state index in [9.17, 15) is 0 Å². The first-order valence-electron chi connectivity index (χ1n) is 6.69. The highest BCUT2D eigenvalue weighted by Crippen LogP contribution is 2.19. The lowest BCUT2D eigenvalue weighted by atomic mass is 10.1. The van der Waals surface area contributed by atoms with E-state index in [1.807, 2.05) is 35.0 Å². The fourth-order valence-electron chi connectivity index (χ4n) is 1.91. The zero-order valence-corrected chi connectivity index (χ0v) is 11.7. The van der Waals surface area contributed by atoms with Crippen LogP contribution in [-0.2, 0) is 0 Å². The molecule has 2 rings (SSSR count). The lowest BCUT2D eigenvalue weighted by Crippen LogP contribution is -2.06. The Hall–Kier alpha value is -1.97. The van der Waals surface area contributed by atoms with Gasteiger partial charge in [-0.05, 0) is 34.9 Å². The quantitative estimate of drug-likeness (QED) is 0.770. The van der Waals surface area contributed by atoms with Gasteiger partial charge in [-0.2, -0.15) is 4.68 Å². The van der Waals surface area contributed by atoms with Gasteiger partial charge < -0.3 is 0 Å². The van der Waals surface area contributed by atoms with Crippen molar-refractivity contribution < 1.29 is 0 Å². The maximum atomic E-state index is 4.16. The molecule has 0 aliphatic rings. The summed E-state index contributed by atoms with van der Waals surface area (Å²) in [7, 11) is 0. The first-order chi connectivity index (χ1) is 9.18. The molecule has 1 unspecified atom stereocenters. The third-order valence-electron chi connectivity index (χ3n) is 2.95. The van der Waals surface area contributed by atoms with Crippen molar-refractivity contribution in [2.75, 3.05) is 0 Å².